The Morgan fingerprint density at radius 2 is 2.21 bits per heavy atom. The minimum absolute atomic E-state index is 0.0108. The van der Waals surface area contributed by atoms with Gasteiger partial charge in [0.2, 0.25) is 0 Å². The van der Waals surface area contributed by atoms with E-state index in [0.717, 1.165) is 12.1 Å². The Kier molecular flexibility index (Phi) is 4.22. The van der Waals surface area contributed by atoms with Gasteiger partial charge in [0.1, 0.15) is 5.75 Å². The summed E-state index contributed by atoms with van der Waals surface area (Å²) in [5, 5.41) is 4.54. The molecule has 0 saturated carbocycles. The predicted octanol–water partition coefficient (Wildman–Crippen LogP) is 2.90. The average Bonchev–Trinajstić information content (AvgIpc) is 2.77. The van der Waals surface area contributed by atoms with Crippen molar-refractivity contribution >= 4 is 17.4 Å². The molecule has 0 N–H and O–H groups in total. The Morgan fingerprint density at radius 3 is 2.79 bits per heavy atom. The molecule has 0 fully saturated rings. The van der Waals surface area contributed by atoms with Crippen LogP contribution in [0.4, 0.5) is 0 Å². The number of rotatable bonds is 5. The fraction of sp³-hybridized carbons (Fsp3) is 0.286. The summed E-state index contributed by atoms with van der Waals surface area (Å²) in [7, 11) is 1.89. The number of hydrogen-bond donors (Lipinski definition) is 0. The standard InChI is InChI=1S/C14H15ClN2O2/c1-10(18)11-3-4-14(13(15)9-11)19-8-6-12-5-7-16-17(12)2/h3-5,7,9H,6,8H2,1-2H3. The van der Waals surface area contributed by atoms with Crippen molar-refractivity contribution < 1.29 is 9.53 Å². The summed E-state index contributed by atoms with van der Waals surface area (Å²) in [4.78, 5) is 11.2. The smallest absolute Gasteiger partial charge is 0.159 e. The third-order valence-electron chi connectivity index (χ3n) is 2.88. The van der Waals surface area contributed by atoms with E-state index in [1.54, 1.807) is 24.4 Å². The highest BCUT2D eigenvalue weighted by Crippen LogP contribution is 2.25. The lowest BCUT2D eigenvalue weighted by Gasteiger charge is -2.09. The van der Waals surface area contributed by atoms with Gasteiger partial charge in [0, 0.05) is 30.9 Å². The number of benzene rings is 1. The number of hydrogen-bond acceptors (Lipinski definition) is 3. The second-order valence-electron chi connectivity index (χ2n) is 4.25. The second kappa shape index (κ2) is 5.89. The highest BCUT2D eigenvalue weighted by Gasteiger charge is 2.06. The predicted molar refractivity (Wildman–Crippen MR) is 73.9 cm³/mol. The van der Waals surface area contributed by atoms with Crippen LogP contribution in [-0.2, 0) is 13.5 Å². The third-order valence-corrected chi connectivity index (χ3v) is 3.17. The van der Waals surface area contributed by atoms with E-state index in [4.69, 9.17) is 16.3 Å². The van der Waals surface area contributed by atoms with Gasteiger partial charge in [0.05, 0.1) is 11.6 Å². The summed E-state index contributed by atoms with van der Waals surface area (Å²) in [6.07, 6.45) is 2.51. The van der Waals surface area contributed by atoms with Gasteiger partial charge in [-0.2, -0.15) is 5.10 Å². The maximum absolute atomic E-state index is 11.2. The lowest BCUT2D eigenvalue weighted by Crippen LogP contribution is -2.06. The number of ether oxygens (including phenoxy) is 1. The molecule has 0 bridgehead atoms. The van der Waals surface area contributed by atoms with Crippen molar-refractivity contribution in [2.24, 2.45) is 7.05 Å². The maximum Gasteiger partial charge on any atom is 0.159 e. The number of ketones is 1. The van der Waals surface area contributed by atoms with Crippen LogP contribution < -0.4 is 4.74 Å². The Hall–Kier alpha value is -1.81. The van der Waals surface area contributed by atoms with Crippen molar-refractivity contribution in [2.75, 3.05) is 6.61 Å². The van der Waals surface area contributed by atoms with E-state index in [9.17, 15) is 4.79 Å². The zero-order chi connectivity index (χ0) is 13.8. The van der Waals surface area contributed by atoms with E-state index in [2.05, 4.69) is 5.10 Å². The number of nitrogens with zero attached hydrogens (tertiary/aromatic N) is 2. The molecule has 0 aliphatic heterocycles. The molecule has 1 aromatic heterocycles. The maximum atomic E-state index is 11.2. The van der Waals surface area contributed by atoms with Crippen molar-refractivity contribution in [2.45, 2.75) is 13.3 Å². The SMILES string of the molecule is CC(=O)c1ccc(OCCc2ccnn2C)c(Cl)c1. The number of aromatic nitrogens is 2. The number of Topliss-reactive ketones (excluding diaryl/α,β-unsaturated/α-hetero) is 1. The van der Waals surface area contributed by atoms with Crippen molar-refractivity contribution in [3.8, 4) is 5.75 Å². The summed E-state index contributed by atoms with van der Waals surface area (Å²) in [5.41, 5.74) is 1.68. The normalized spacial score (nSPS) is 10.5. The lowest BCUT2D eigenvalue weighted by atomic mass is 10.1. The zero-order valence-electron chi connectivity index (χ0n) is 10.9. The number of halogens is 1. The topological polar surface area (TPSA) is 44.1 Å². The van der Waals surface area contributed by atoms with E-state index >= 15 is 0 Å². The largest absolute Gasteiger partial charge is 0.492 e. The van der Waals surface area contributed by atoms with Gasteiger partial charge in [-0.15, -0.1) is 0 Å². The van der Waals surface area contributed by atoms with Gasteiger partial charge in [-0.3, -0.25) is 9.48 Å². The van der Waals surface area contributed by atoms with Crippen LogP contribution >= 0.6 is 11.6 Å². The van der Waals surface area contributed by atoms with Gasteiger partial charge in [-0.25, -0.2) is 0 Å². The van der Waals surface area contributed by atoms with Crippen molar-refractivity contribution in [1.29, 1.82) is 0 Å². The highest BCUT2D eigenvalue weighted by molar-refractivity contribution is 6.32. The van der Waals surface area contributed by atoms with Gasteiger partial charge >= 0.3 is 0 Å². The Balaban J connectivity index is 1.96. The van der Waals surface area contributed by atoms with Crippen molar-refractivity contribution in [3.63, 3.8) is 0 Å². The molecule has 0 aliphatic rings. The molecule has 1 aromatic carbocycles. The summed E-state index contributed by atoms with van der Waals surface area (Å²) in [6, 6.07) is 7.02. The van der Waals surface area contributed by atoms with Crippen LogP contribution in [0.15, 0.2) is 30.5 Å². The molecule has 4 nitrogen and oxygen atoms in total. The van der Waals surface area contributed by atoms with Crippen LogP contribution in [0.2, 0.25) is 5.02 Å². The van der Waals surface area contributed by atoms with Gasteiger partial charge < -0.3 is 4.74 Å². The molecule has 0 atom stereocenters. The van der Waals surface area contributed by atoms with Gasteiger partial charge in [-0.1, -0.05) is 11.6 Å². The van der Waals surface area contributed by atoms with Crippen LogP contribution in [0.5, 0.6) is 5.75 Å². The summed E-state index contributed by atoms with van der Waals surface area (Å²) >= 11 is 6.07. The highest BCUT2D eigenvalue weighted by atomic mass is 35.5. The monoisotopic (exact) mass is 278 g/mol. The van der Waals surface area contributed by atoms with E-state index < -0.39 is 0 Å². The lowest BCUT2D eigenvalue weighted by molar-refractivity contribution is 0.101. The molecule has 0 saturated heterocycles. The summed E-state index contributed by atoms with van der Waals surface area (Å²) in [5.74, 6) is 0.581. The van der Waals surface area contributed by atoms with E-state index in [1.807, 2.05) is 17.8 Å². The second-order valence-corrected chi connectivity index (χ2v) is 4.65. The molecule has 0 spiro atoms. The molecule has 5 heteroatoms. The summed E-state index contributed by atoms with van der Waals surface area (Å²) < 4.78 is 7.42. The number of carbonyl (C=O) groups is 1. The first-order valence-corrected chi connectivity index (χ1v) is 6.36. The van der Waals surface area contributed by atoms with E-state index in [1.165, 1.54) is 6.92 Å². The van der Waals surface area contributed by atoms with Crippen molar-refractivity contribution in [3.05, 3.63) is 46.7 Å². The first-order valence-electron chi connectivity index (χ1n) is 5.98. The molecule has 19 heavy (non-hydrogen) atoms. The Bertz CT molecular complexity index is 593. The van der Waals surface area contributed by atoms with Crippen LogP contribution in [0.3, 0.4) is 0 Å². The third kappa shape index (κ3) is 3.35. The number of aryl methyl sites for hydroxylation is 1. The molecule has 0 unspecified atom stereocenters. The average molecular weight is 279 g/mol. The first kappa shape index (κ1) is 13.6. The fourth-order valence-electron chi connectivity index (χ4n) is 1.75. The zero-order valence-corrected chi connectivity index (χ0v) is 11.6. The Labute approximate surface area is 116 Å². The number of carbonyl (C=O) groups excluding carboxylic acids is 1. The quantitative estimate of drug-likeness (QED) is 0.790. The summed E-state index contributed by atoms with van der Waals surface area (Å²) in [6.45, 7) is 2.02. The van der Waals surface area contributed by atoms with Crippen LogP contribution in [0.25, 0.3) is 0 Å². The van der Waals surface area contributed by atoms with Crippen LogP contribution in [0.1, 0.15) is 23.0 Å². The Morgan fingerprint density at radius 1 is 1.42 bits per heavy atom. The molecular weight excluding hydrogens is 264 g/mol. The molecule has 1 heterocycles. The van der Waals surface area contributed by atoms with Crippen molar-refractivity contribution in [1.82, 2.24) is 9.78 Å². The minimum atomic E-state index is -0.0108. The van der Waals surface area contributed by atoms with Gasteiger partial charge in [0.15, 0.2) is 5.78 Å². The van der Waals surface area contributed by atoms with Gasteiger partial charge in [-0.05, 0) is 31.2 Å². The first-order chi connectivity index (χ1) is 9.08. The molecule has 0 aliphatic carbocycles. The molecule has 100 valence electrons. The van der Waals surface area contributed by atoms with Crippen LogP contribution in [0, 0.1) is 0 Å². The van der Waals surface area contributed by atoms with Gasteiger partial charge in [0.25, 0.3) is 0 Å². The molecule has 0 amide bonds. The van der Waals surface area contributed by atoms with Crippen LogP contribution in [-0.4, -0.2) is 22.2 Å². The van der Waals surface area contributed by atoms with E-state index in [-0.39, 0.29) is 5.78 Å². The fourth-order valence-corrected chi connectivity index (χ4v) is 1.98. The molecule has 2 rings (SSSR count). The molecular formula is C14H15ClN2O2. The van der Waals surface area contributed by atoms with E-state index in [0.29, 0.717) is 22.9 Å². The molecule has 2 aromatic rings. The molecule has 0 radical (unpaired) electrons. The minimum Gasteiger partial charge on any atom is -0.492 e.